The highest BCUT2D eigenvalue weighted by atomic mass is 14.3. The lowest BCUT2D eigenvalue weighted by Crippen LogP contribution is -2.20. The molecule has 0 aliphatic heterocycles. The Morgan fingerprint density at radius 3 is 1.96 bits per heavy atom. The van der Waals surface area contributed by atoms with Gasteiger partial charge in [0.1, 0.15) is 0 Å². The van der Waals surface area contributed by atoms with E-state index in [-0.39, 0.29) is 0 Å². The van der Waals surface area contributed by atoms with Crippen molar-refractivity contribution in [2.45, 2.75) is 96.3 Å². The number of nitrogens with zero attached hydrogens (tertiary/aromatic N) is 1. The first-order valence-corrected chi connectivity index (χ1v) is 11.3. The molecule has 2 saturated carbocycles. The molecular weight excluding hydrogens is 314 g/mol. The fraction of sp³-hybridized carbons (Fsp3) is 0.720. The maximum absolute atomic E-state index is 8.95. The Labute approximate surface area is 161 Å². The Morgan fingerprint density at radius 2 is 1.38 bits per heavy atom. The van der Waals surface area contributed by atoms with E-state index in [9.17, 15) is 0 Å². The van der Waals surface area contributed by atoms with Gasteiger partial charge in [-0.3, -0.25) is 0 Å². The second-order valence-electron chi connectivity index (χ2n) is 9.07. The van der Waals surface area contributed by atoms with Gasteiger partial charge >= 0.3 is 0 Å². The van der Waals surface area contributed by atoms with E-state index in [1.807, 2.05) is 12.1 Å². The predicted octanol–water partition coefficient (Wildman–Crippen LogP) is 7.61. The van der Waals surface area contributed by atoms with Crippen LogP contribution in [-0.4, -0.2) is 0 Å². The summed E-state index contributed by atoms with van der Waals surface area (Å²) in [5.41, 5.74) is 2.24. The number of unbranched alkanes of at least 4 members (excludes halogenated alkanes) is 2. The van der Waals surface area contributed by atoms with Crippen LogP contribution in [-0.2, 0) is 0 Å². The molecule has 0 heterocycles. The Hall–Kier alpha value is -1.29. The quantitative estimate of drug-likeness (QED) is 0.464. The fourth-order valence-corrected chi connectivity index (χ4v) is 5.47. The number of hydrogen-bond donors (Lipinski definition) is 0. The van der Waals surface area contributed by atoms with Gasteiger partial charge in [-0.1, -0.05) is 70.4 Å². The molecule has 142 valence electrons. The molecule has 0 unspecified atom stereocenters. The van der Waals surface area contributed by atoms with Gasteiger partial charge in [0.15, 0.2) is 0 Å². The molecule has 0 radical (unpaired) electrons. The zero-order chi connectivity index (χ0) is 18.2. The lowest BCUT2D eigenvalue weighted by molar-refractivity contribution is 0.199. The van der Waals surface area contributed by atoms with Crippen LogP contribution in [0.2, 0.25) is 0 Å². The average molecular weight is 352 g/mol. The molecule has 1 nitrogen and oxygen atoms in total. The lowest BCUT2D eigenvalue weighted by Gasteiger charge is -2.34. The largest absolute Gasteiger partial charge is 0.192 e. The average Bonchev–Trinajstić information content (AvgIpc) is 2.70. The molecule has 1 heteroatoms. The lowest BCUT2D eigenvalue weighted by atomic mass is 9.71. The van der Waals surface area contributed by atoms with Crippen molar-refractivity contribution in [1.29, 1.82) is 5.26 Å². The smallest absolute Gasteiger partial charge is 0.0991 e. The SMILES string of the molecule is CCCCCC1CCC(CC2CCC(c3ccc(C#N)cc3)CC2)CC1. The van der Waals surface area contributed by atoms with E-state index >= 15 is 0 Å². The van der Waals surface area contributed by atoms with E-state index < -0.39 is 0 Å². The van der Waals surface area contributed by atoms with Crippen LogP contribution in [0.3, 0.4) is 0 Å². The molecule has 0 atom stereocenters. The number of nitriles is 1. The van der Waals surface area contributed by atoms with Gasteiger partial charge in [0.2, 0.25) is 0 Å². The van der Waals surface area contributed by atoms with Crippen LogP contribution in [0.15, 0.2) is 24.3 Å². The van der Waals surface area contributed by atoms with Crippen molar-refractivity contribution >= 4 is 0 Å². The summed E-state index contributed by atoms with van der Waals surface area (Å²) in [6, 6.07) is 10.6. The van der Waals surface area contributed by atoms with Crippen LogP contribution < -0.4 is 0 Å². The topological polar surface area (TPSA) is 23.8 Å². The van der Waals surface area contributed by atoms with Crippen LogP contribution in [0.5, 0.6) is 0 Å². The molecule has 3 rings (SSSR count). The molecular formula is C25H37N. The van der Waals surface area contributed by atoms with Gasteiger partial charge in [0.25, 0.3) is 0 Å². The minimum absolute atomic E-state index is 0.730. The van der Waals surface area contributed by atoms with Crippen molar-refractivity contribution in [3.05, 3.63) is 35.4 Å². The Balaban J connectivity index is 1.36. The highest BCUT2D eigenvalue weighted by molar-refractivity contribution is 5.33. The molecule has 2 aliphatic rings. The zero-order valence-electron chi connectivity index (χ0n) is 16.8. The summed E-state index contributed by atoms with van der Waals surface area (Å²) in [6.45, 7) is 2.31. The van der Waals surface area contributed by atoms with E-state index in [0.717, 1.165) is 29.2 Å². The second kappa shape index (κ2) is 10.1. The minimum Gasteiger partial charge on any atom is -0.192 e. The first-order chi connectivity index (χ1) is 12.8. The van der Waals surface area contributed by atoms with Gasteiger partial charge in [-0.05, 0) is 73.5 Å². The molecule has 0 bridgehead atoms. The third-order valence-electron chi connectivity index (χ3n) is 7.21. The summed E-state index contributed by atoms with van der Waals surface area (Å²) in [7, 11) is 0. The van der Waals surface area contributed by atoms with Crippen LogP contribution in [0, 0.1) is 29.1 Å². The Kier molecular flexibility index (Phi) is 7.60. The van der Waals surface area contributed by atoms with Gasteiger partial charge in [-0.25, -0.2) is 0 Å². The fourth-order valence-electron chi connectivity index (χ4n) is 5.47. The maximum Gasteiger partial charge on any atom is 0.0991 e. The Morgan fingerprint density at radius 1 is 0.808 bits per heavy atom. The molecule has 0 amide bonds. The summed E-state index contributed by atoms with van der Waals surface area (Å²) in [4.78, 5) is 0. The normalized spacial score (nSPS) is 29.2. The zero-order valence-corrected chi connectivity index (χ0v) is 16.8. The number of benzene rings is 1. The van der Waals surface area contributed by atoms with Crippen molar-refractivity contribution in [2.75, 3.05) is 0 Å². The molecule has 2 fully saturated rings. The van der Waals surface area contributed by atoms with E-state index in [1.165, 1.54) is 89.0 Å². The van der Waals surface area contributed by atoms with E-state index in [2.05, 4.69) is 25.1 Å². The summed E-state index contributed by atoms with van der Waals surface area (Å²) in [6.07, 6.45) is 18.8. The van der Waals surface area contributed by atoms with E-state index in [4.69, 9.17) is 5.26 Å². The molecule has 0 saturated heterocycles. The highest BCUT2D eigenvalue weighted by Crippen LogP contribution is 2.41. The van der Waals surface area contributed by atoms with Crippen molar-refractivity contribution in [1.82, 2.24) is 0 Å². The molecule has 0 aromatic heterocycles. The van der Waals surface area contributed by atoms with Crippen molar-refractivity contribution in [3.63, 3.8) is 0 Å². The summed E-state index contributed by atoms with van der Waals surface area (Å²) in [5.74, 6) is 3.78. The monoisotopic (exact) mass is 351 g/mol. The van der Waals surface area contributed by atoms with Crippen molar-refractivity contribution < 1.29 is 0 Å². The van der Waals surface area contributed by atoms with E-state index in [1.54, 1.807) is 0 Å². The molecule has 1 aromatic rings. The summed E-state index contributed by atoms with van der Waals surface area (Å²) >= 11 is 0. The second-order valence-corrected chi connectivity index (χ2v) is 9.07. The Bertz CT molecular complexity index is 551. The van der Waals surface area contributed by atoms with Gasteiger partial charge in [-0.2, -0.15) is 5.26 Å². The van der Waals surface area contributed by atoms with Gasteiger partial charge in [0.05, 0.1) is 11.6 Å². The van der Waals surface area contributed by atoms with Crippen LogP contribution in [0.4, 0.5) is 0 Å². The van der Waals surface area contributed by atoms with Crippen LogP contribution in [0.25, 0.3) is 0 Å². The molecule has 0 N–H and O–H groups in total. The minimum atomic E-state index is 0.730. The molecule has 1 aromatic carbocycles. The van der Waals surface area contributed by atoms with Crippen molar-refractivity contribution in [2.24, 2.45) is 17.8 Å². The number of hydrogen-bond acceptors (Lipinski definition) is 1. The molecule has 0 spiro atoms. The first-order valence-electron chi connectivity index (χ1n) is 11.3. The van der Waals surface area contributed by atoms with Gasteiger partial charge in [0, 0.05) is 0 Å². The van der Waals surface area contributed by atoms with Gasteiger partial charge in [-0.15, -0.1) is 0 Å². The van der Waals surface area contributed by atoms with Gasteiger partial charge < -0.3 is 0 Å². The maximum atomic E-state index is 8.95. The predicted molar refractivity (Wildman–Crippen MR) is 110 cm³/mol. The van der Waals surface area contributed by atoms with Crippen molar-refractivity contribution in [3.8, 4) is 6.07 Å². The van der Waals surface area contributed by atoms with E-state index in [0.29, 0.717) is 0 Å². The highest BCUT2D eigenvalue weighted by Gasteiger charge is 2.27. The number of rotatable bonds is 7. The standard InChI is InChI=1S/C25H37N/c1-2-3-4-5-20-6-8-21(9-7-20)18-22-10-14-24(15-11-22)25-16-12-23(19-26)13-17-25/h12-13,16-17,20-22,24H,2-11,14-15,18H2,1H3. The third-order valence-corrected chi connectivity index (χ3v) is 7.21. The third kappa shape index (κ3) is 5.60. The molecule has 26 heavy (non-hydrogen) atoms. The molecule has 2 aliphatic carbocycles. The first kappa shape index (κ1) is 19.5. The summed E-state index contributed by atoms with van der Waals surface area (Å²) < 4.78 is 0. The van der Waals surface area contributed by atoms with Crippen LogP contribution >= 0.6 is 0 Å². The summed E-state index contributed by atoms with van der Waals surface area (Å²) in [5, 5.41) is 8.95. The van der Waals surface area contributed by atoms with Crippen LogP contribution in [0.1, 0.15) is 107 Å².